The van der Waals surface area contributed by atoms with Crippen molar-refractivity contribution in [1.82, 2.24) is 4.90 Å². The molecule has 0 N–H and O–H groups in total. The number of aliphatic imine (C=N–C) groups is 2. The summed E-state index contributed by atoms with van der Waals surface area (Å²) in [7, 11) is 0. The van der Waals surface area contributed by atoms with Gasteiger partial charge in [-0.2, -0.15) is 0 Å². The van der Waals surface area contributed by atoms with Crippen molar-refractivity contribution in [2.45, 2.75) is 6.92 Å². The highest BCUT2D eigenvalue weighted by molar-refractivity contribution is 8.13. The van der Waals surface area contributed by atoms with Crippen LogP contribution in [0.1, 0.15) is 6.92 Å². The fourth-order valence-corrected chi connectivity index (χ4v) is 1.73. The zero-order valence-electron chi connectivity index (χ0n) is 9.36. The van der Waals surface area contributed by atoms with Gasteiger partial charge in [-0.15, -0.1) is 0 Å². The van der Waals surface area contributed by atoms with E-state index in [0.717, 1.165) is 0 Å². The van der Waals surface area contributed by atoms with E-state index in [1.165, 1.54) is 16.7 Å². The summed E-state index contributed by atoms with van der Waals surface area (Å²) in [6.45, 7) is 5.02. The average molecular weight is 243 g/mol. The fraction of sp³-hybridized carbons (Fsp3) is 0.500. The molecule has 0 atom stereocenters. The second kappa shape index (κ2) is 5.79. The van der Waals surface area contributed by atoms with Gasteiger partial charge >= 0.3 is 0 Å². The highest BCUT2D eigenvalue weighted by atomic mass is 32.2. The lowest BCUT2D eigenvalue weighted by atomic mass is 10.3. The minimum absolute atomic E-state index is 0.116. The summed E-state index contributed by atoms with van der Waals surface area (Å²) in [4.78, 5) is 21.0. The number of carbonyl (C=O) groups is 1. The van der Waals surface area contributed by atoms with Crippen LogP contribution in [0.15, 0.2) is 21.3 Å². The van der Waals surface area contributed by atoms with Gasteiger partial charge in [-0.3, -0.25) is 4.79 Å². The Labute approximate surface area is 98.3 Å². The first-order chi connectivity index (χ1) is 7.63. The van der Waals surface area contributed by atoms with E-state index in [9.17, 15) is 9.18 Å². The summed E-state index contributed by atoms with van der Waals surface area (Å²) in [5, 5.41) is 0.518. The highest BCUT2D eigenvalue weighted by Crippen LogP contribution is 2.20. The number of hydrogen-bond donors (Lipinski definition) is 0. The van der Waals surface area contributed by atoms with Crippen molar-refractivity contribution in [2.24, 2.45) is 9.98 Å². The molecular weight excluding hydrogens is 229 g/mol. The zero-order chi connectivity index (χ0) is 12.1. The van der Waals surface area contributed by atoms with Crippen LogP contribution >= 0.6 is 11.8 Å². The Bertz CT molecular complexity index is 365. The summed E-state index contributed by atoms with van der Waals surface area (Å²) in [5.41, 5.74) is 1.21. The molecule has 0 aromatic rings. The molecule has 0 unspecified atom stereocenters. The van der Waals surface area contributed by atoms with Crippen molar-refractivity contribution in [3.8, 4) is 0 Å². The third-order valence-corrected chi connectivity index (χ3v) is 2.87. The van der Waals surface area contributed by atoms with Gasteiger partial charge in [-0.25, -0.2) is 14.4 Å². The van der Waals surface area contributed by atoms with E-state index in [2.05, 4.69) is 16.7 Å². The van der Waals surface area contributed by atoms with E-state index < -0.39 is 6.67 Å². The molecule has 1 amide bonds. The molecule has 16 heavy (non-hydrogen) atoms. The van der Waals surface area contributed by atoms with Crippen LogP contribution in [0.4, 0.5) is 4.39 Å². The number of carbonyl (C=O) groups excluding carboxylic acids is 1. The Morgan fingerprint density at radius 2 is 2.38 bits per heavy atom. The number of rotatable bonds is 3. The van der Waals surface area contributed by atoms with E-state index in [0.29, 0.717) is 23.0 Å². The fourth-order valence-electron chi connectivity index (χ4n) is 1.39. The van der Waals surface area contributed by atoms with Crippen LogP contribution in [0.5, 0.6) is 0 Å². The lowest BCUT2D eigenvalue weighted by Crippen LogP contribution is -2.28. The second-order valence-electron chi connectivity index (χ2n) is 3.24. The average Bonchev–Trinajstić information content (AvgIpc) is 2.55. The van der Waals surface area contributed by atoms with Gasteiger partial charge < -0.3 is 4.90 Å². The van der Waals surface area contributed by atoms with E-state index >= 15 is 0 Å². The molecule has 0 fully saturated rings. The molecule has 1 heterocycles. The molecule has 0 spiro atoms. The summed E-state index contributed by atoms with van der Waals surface area (Å²) in [6, 6.07) is 0. The normalized spacial score (nSPS) is 17.3. The predicted molar refractivity (Wildman–Crippen MR) is 65.8 cm³/mol. The van der Waals surface area contributed by atoms with Crippen molar-refractivity contribution in [1.29, 1.82) is 0 Å². The number of thioether (sulfide) groups is 1. The van der Waals surface area contributed by atoms with E-state index in [-0.39, 0.29) is 12.5 Å². The molecule has 0 aromatic carbocycles. The van der Waals surface area contributed by atoms with Crippen LogP contribution < -0.4 is 0 Å². The summed E-state index contributed by atoms with van der Waals surface area (Å²) in [6.07, 6.45) is 1.83. The van der Waals surface area contributed by atoms with Crippen LogP contribution in [-0.4, -0.2) is 48.7 Å². The number of nitrogens with zero attached hydrogens (tertiary/aromatic N) is 3. The van der Waals surface area contributed by atoms with Gasteiger partial charge in [-0.1, -0.05) is 11.8 Å². The molecule has 1 aliphatic rings. The minimum atomic E-state index is -0.537. The molecule has 0 bridgehead atoms. The van der Waals surface area contributed by atoms with Gasteiger partial charge in [-0.05, 0) is 19.9 Å². The Morgan fingerprint density at radius 1 is 1.69 bits per heavy atom. The highest BCUT2D eigenvalue weighted by Gasteiger charge is 2.26. The molecule has 88 valence electrons. The molecule has 0 radical (unpaired) electrons. The maximum atomic E-state index is 12.2. The second-order valence-corrected chi connectivity index (χ2v) is 4.02. The number of amides is 1. The zero-order valence-corrected chi connectivity index (χ0v) is 10.2. The number of alkyl halides is 1. The van der Waals surface area contributed by atoms with Gasteiger partial charge in [0.1, 0.15) is 6.67 Å². The molecular formula is C10H14FN3OS. The molecule has 4 nitrogen and oxygen atoms in total. The molecule has 1 aliphatic heterocycles. The first-order valence-corrected chi connectivity index (χ1v) is 6.01. The van der Waals surface area contributed by atoms with E-state index in [1.807, 2.05) is 6.26 Å². The largest absolute Gasteiger partial charge is 0.330 e. The van der Waals surface area contributed by atoms with Crippen LogP contribution in [0.2, 0.25) is 0 Å². The Morgan fingerprint density at radius 3 is 2.88 bits per heavy atom. The van der Waals surface area contributed by atoms with Crippen molar-refractivity contribution >= 4 is 29.6 Å². The first kappa shape index (κ1) is 12.9. The Balaban J connectivity index is 2.86. The molecule has 0 saturated carbocycles. The summed E-state index contributed by atoms with van der Waals surface area (Å²) in [5.74, 6) is -0.152. The molecule has 0 aromatic heterocycles. The predicted octanol–water partition coefficient (Wildman–Crippen LogP) is 1.49. The van der Waals surface area contributed by atoms with E-state index in [1.54, 1.807) is 6.92 Å². The smallest absolute Gasteiger partial charge is 0.251 e. The standard InChI is InChI=1S/C10H14FN3OS/c1-7-8(13-10(12-2)16-3)6-14(5-4-11)9(7)15/h2,4-6H2,1,3H3. The minimum Gasteiger partial charge on any atom is -0.330 e. The van der Waals surface area contributed by atoms with Gasteiger partial charge in [0.25, 0.3) is 5.91 Å². The van der Waals surface area contributed by atoms with Gasteiger partial charge in [0.2, 0.25) is 0 Å². The molecule has 6 heteroatoms. The third-order valence-electron chi connectivity index (χ3n) is 2.28. The molecule has 1 rings (SSSR count). The SMILES string of the molecule is C=NC(=NC1=C(C)C(=O)N(CCF)C1)SC. The first-order valence-electron chi connectivity index (χ1n) is 4.78. The van der Waals surface area contributed by atoms with Gasteiger partial charge in [0.15, 0.2) is 5.17 Å². The van der Waals surface area contributed by atoms with Crippen molar-refractivity contribution < 1.29 is 9.18 Å². The monoisotopic (exact) mass is 243 g/mol. The third kappa shape index (κ3) is 2.69. The Kier molecular flexibility index (Phi) is 4.67. The number of halogens is 1. The summed E-state index contributed by atoms with van der Waals surface area (Å²) < 4.78 is 12.2. The van der Waals surface area contributed by atoms with Crippen molar-refractivity contribution in [2.75, 3.05) is 26.0 Å². The lowest BCUT2D eigenvalue weighted by Gasteiger charge is -2.13. The van der Waals surface area contributed by atoms with Crippen LogP contribution in [0, 0.1) is 0 Å². The summed E-state index contributed by atoms with van der Waals surface area (Å²) >= 11 is 1.36. The topological polar surface area (TPSA) is 45.0 Å². The maximum absolute atomic E-state index is 12.2. The number of hydrogen-bond acceptors (Lipinski definition) is 3. The van der Waals surface area contributed by atoms with Crippen molar-refractivity contribution in [3.05, 3.63) is 11.3 Å². The van der Waals surface area contributed by atoms with Crippen LogP contribution in [0.25, 0.3) is 0 Å². The maximum Gasteiger partial charge on any atom is 0.251 e. The quantitative estimate of drug-likeness (QED) is 0.557. The van der Waals surface area contributed by atoms with E-state index in [4.69, 9.17) is 0 Å². The van der Waals surface area contributed by atoms with Gasteiger partial charge in [0, 0.05) is 12.1 Å². The molecule has 0 aliphatic carbocycles. The number of amidine groups is 1. The van der Waals surface area contributed by atoms with Crippen molar-refractivity contribution in [3.63, 3.8) is 0 Å². The Hall–Kier alpha value is -1.17. The van der Waals surface area contributed by atoms with Gasteiger partial charge in [0.05, 0.1) is 12.2 Å². The lowest BCUT2D eigenvalue weighted by molar-refractivity contribution is -0.125. The van der Waals surface area contributed by atoms with Crippen LogP contribution in [-0.2, 0) is 4.79 Å². The molecule has 0 saturated heterocycles. The van der Waals surface area contributed by atoms with Crippen LogP contribution in [0.3, 0.4) is 0 Å².